The SMILES string of the molecule is CC(C)CC(O)(c1ccc2cc(C=O)ccc2c1)c1cn(C(c2ccccc2)(c2ccccc2)c2ccccc2)cn1. The lowest BCUT2D eigenvalue weighted by Gasteiger charge is -2.37. The minimum atomic E-state index is -1.33. The van der Waals surface area contributed by atoms with E-state index in [-0.39, 0.29) is 5.92 Å². The number of aromatic nitrogens is 2. The van der Waals surface area contributed by atoms with Gasteiger partial charge in [0.05, 0.1) is 12.0 Å². The summed E-state index contributed by atoms with van der Waals surface area (Å²) in [4.78, 5) is 16.3. The fourth-order valence-electron chi connectivity index (χ4n) is 6.26. The Morgan fingerprint density at radius 1 is 0.714 bits per heavy atom. The highest BCUT2D eigenvalue weighted by Crippen LogP contribution is 2.43. The van der Waals surface area contributed by atoms with Crippen LogP contribution in [0, 0.1) is 5.92 Å². The Balaban J connectivity index is 1.58. The monoisotopic (exact) mass is 550 g/mol. The van der Waals surface area contributed by atoms with Crippen molar-refractivity contribution in [2.24, 2.45) is 5.92 Å². The van der Waals surface area contributed by atoms with Gasteiger partial charge in [0.15, 0.2) is 0 Å². The van der Waals surface area contributed by atoms with E-state index in [9.17, 15) is 9.90 Å². The third kappa shape index (κ3) is 4.74. The number of aldehydes is 1. The second-order valence-corrected chi connectivity index (χ2v) is 11.4. The van der Waals surface area contributed by atoms with Gasteiger partial charge in [-0.05, 0) is 57.5 Å². The molecular formula is C38H34N2O2. The normalized spacial score (nSPS) is 13.2. The van der Waals surface area contributed by atoms with E-state index in [0.29, 0.717) is 17.7 Å². The molecule has 0 amide bonds. The molecule has 4 nitrogen and oxygen atoms in total. The van der Waals surface area contributed by atoms with Crippen LogP contribution in [0.15, 0.2) is 140 Å². The van der Waals surface area contributed by atoms with Crippen LogP contribution in [0.2, 0.25) is 0 Å². The maximum absolute atomic E-state index is 12.5. The molecule has 0 aliphatic carbocycles. The number of hydrogen-bond acceptors (Lipinski definition) is 3. The van der Waals surface area contributed by atoms with Crippen molar-refractivity contribution >= 4 is 17.1 Å². The molecule has 42 heavy (non-hydrogen) atoms. The fourth-order valence-corrected chi connectivity index (χ4v) is 6.26. The molecule has 6 rings (SSSR count). The van der Waals surface area contributed by atoms with Gasteiger partial charge in [0.1, 0.15) is 17.4 Å². The van der Waals surface area contributed by atoms with E-state index in [1.807, 2.05) is 67.1 Å². The first-order valence-corrected chi connectivity index (χ1v) is 14.4. The summed E-state index contributed by atoms with van der Waals surface area (Å²) < 4.78 is 2.14. The van der Waals surface area contributed by atoms with Crippen molar-refractivity contribution in [3.05, 3.63) is 173 Å². The van der Waals surface area contributed by atoms with E-state index in [0.717, 1.165) is 39.3 Å². The van der Waals surface area contributed by atoms with E-state index in [1.54, 1.807) is 0 Å². The Hall–Kier alpha value is -4.80. The third-order valence-corrected chi connectivity index (χ3v) is 8.15. The van der Waals surface area contributed by atoms with Gasteiger partial charge in [-0.15, -0.1) is 0 Å². The Kier molecular flexibility index (Phi) is 7.32. The van der Waals surface area contributed by atoms with Gasteiger partial charge in [0, 0.05) is 11.8 Å². The second-order valence-electron chi connectivity index (χ2n) is 11.4. The van der Waals surface area contributed by atoms with Gasteiger partial charge in [-0.3, -0.25) is 4.79 Å². The number of fused-ring (bicyclic) bond motifs is 1. The summed E-state index contributed by atoms with van der Waals surface area (Å²) in [5.74, 6) is 0.204. The van der Waals surface area contributed by atoms with Gasteiger partial charge in [-0.25, -0.2) is 4.98 Å². The zero-order chi connectivity index (χ0) is 29.2. The number of carbonyl (C=O) groups excluding carboxylic acids is 1. The summed E-state index contributed by atoms with van der Waals surface area (Å²) in [6.45, 7) is 4.23. The molecule has 0 aliphatic rings. The van der Waals surface area contributed by atoms with Gasteiger partial charge >= 0.3 is 0 Å². The number of carbonyl (C=O) groups is 1. The zero-order valence-electron chi connectivity index (χ0n) is 23.9. The molecule has 0 saturated heterocycles. The largest absolute Gasteiger partial charge is 0.379 e. The molecule has 4 heteroatoms. The molecule has 1 unspecified atom stereocenters. The van der Waals surface area contributed by atoms with Crippen molar-refractivity contribution in [1.29, 1.82) is 0 Å². The number of benzene rings is 5. The number of imidazole rings is 1. The molecule has 0 aliphatic heterocycles. The summed E-state index contributed by atoms with van der Waals surface area (Å²) in [7, 11) is 0. The molecule has 6 aromatic rings. The average Bonchev–Trinajstić information content (AvgIpc) is 3.53. The molecule has 1 aromatic heterocycles. The van der Waals surface area contributed by atoms with Gasteiger partial charge in [-0.2, -0.15) is 0 Å². The second kappa shape index (κ2) is 11.2. The summed E-state index contributed by atoms with van der Waals surface area (Å²) in [5.41, 5.74) is 3.23. The van der Waals surface area contributed by atoms with Crippen LogP contribution in [0.1, 0.15) is 58.6 Å². The summed E-state index contributed by atoms with van der Waals surface area (Å²) in [5, 5.41) is 14.5. The van der Waals surface area contributed by atoms with Crippen molar-refractivity contribution in [1.82, 2.24) is 9.55 Å². The average molecular weight is 551 g/mol. The lowest BCUT2D eigenvalue weighted by Crippen LogP contribution is -2.37. The van der Waals surface area contributed by atoms with Gasteiger partial charge in [0.25, 0.3) is 0 Å². The maximum Gasteiger partial charge on any atom is 0.150 e. The van der Waals surface area contributed by atoms with Crippen LogP contribution in [0.5, 0.6) is 0 Å². The molecule has 0 saturated carbocycles. The van der Waals surface area contributed by atoms with Crippen LogP contribution in [0.4, 0.5) is 0 Å². The van der Waals surface area contributed by atoms with E-state index in [4.69, 9.17) is 4.98 Å². The highest BCUT2D eigenvalue weighted by atomic mass is 16.3. The van der Waals surface area contributed by atoms with Gasteiger partial charge in [-0.1, -0.05) is 129 Å². The summed E-state index contributed by atoms with van der Waals surface area (Å²) in [6, 6.07) is 42.9. The standard InChI is InChI=1S/C38H34N2O2/c1-28(2)24-37(42,35-21-20-30-22-29(26-41)18-19-31(30)23-35)36-25-40(27-39-36)38(32-12-6-3-7-13-32,33-14-8-4-9-15-33)34-16-10-5-11-17-34/h3-23,25-28,42H,24H2,1-2H3. The summed E-state index contributed by atoms with van der Waals surface area (Å²) in [6.07, 6.45) is 5.21. The van der Waals surface area contributed by atoms with E-state index < -0.39 is 11.1 Å². The van der Waals surface area contributed by atoms with Crippen molar-refractivity contribution in [2.45, 2.75) is 31.4 Å². The molecule has 0 bridgehead atoms. The first-order chi connectivity index (χ1) is 20.4. The van der Waals surface area contributed by atoms with E-state index >= 15 is 0 Å². The lowest BCUT2D eigenvalue weighted by molar-refractivity contribution is 0.0534. The van der Waals surface area contributed by atoms with Crippen LogP contribution in [-0.4, -0.2) is 20.9 Å². The van der Waals surface area contributed by atoms with Gasteiger partial charge in [0.2, 0.25) is 0 Å². The molecule has 0 radical (unpaired) electrons. The highest BCUT2D eigenvalue weighted by Gasteiger charge is 2.41. The molecule has 5 aromatic carbocycles. The van der Waals surface area contributed by atoms with Crippen molar-refractivity contribution in [2.75, 3.05) is 0 Å². The molecule has 208 valence electrons. The predicted molar refractivity (Wildman–Crippen MR) is 169 cm³/mol. The molecule has 1 heterocycles. The van der Waals surface area contributed by atoms with Gasteiger partial charge < -0.3 is 9.67 Å². The highest BCUT2D eigenvalue weighted by molar-refractivity contribution is 5.89. The number of nitrogens with zero attached hydrogens (tertiary/aromatic N) is 2. The molecule has 1 N–H and O–H groups in total. The first-order valence-electron chi connectivity index (χ1n) is 14.4. The van der Waals surface area contributed by atoms with Crippen molar-refractivity contribution in [3.63, 3.8) is 0 Å². The smallest absolute Gasteiger partial charge is 0.150 e. The molecule has 0 fully saturated rings. The Labute approximate surface area is 246 Å². The van der Waals surface area contributed by atoms with Crippen LogP contribution >= 0.6 is 0 Å². The van der Waals surface area contributed by atoms with Crippen molar-refractivity contribution < 1.29 is 9.90 Å². The molecular weight excluding hydrogens is 516 g/mol. The number of aliphatic hydroxyl groups is 1. The fraction of sp³-hybridized carbons (Fsp3) is 0.158. The number of rotatable bonds is 9. The van der Waals surface area contributed by atoms with Crippen LogP contribution in [0.3, 0.4) is 0 Å². The van der Waals surface area contributed by atoms with Crippen LogP contribution in [-0.2, 0) is 11.1 Å². The number of hydrogen-bond donors (Lipinski definition) is 1. The van der Waals surface area contributed by atoms with Crippen LogP contribution < -0.4 is 0 Å². The Morgan fingerprint density at radius 2 is 1.24 bits per heavy atom. The molecule has 0 spiro atoms. The van der Waals surface area contributed by atoms with Crippen LogP contribution in [0.25, 0.3) is 10.8 Å². The first kappa shape index (κ1) is 27.4. The molecule has 1 atom stereocenters. The van der Waals surface area contributed by atoms with Crippen molar-refractivity contribution in [3.8, 4) is 0 Å². The zero-order valence-corrected chi connectivity index (χ0v) is 23.9. The Bertz CT molecular complexity index is 1710. The summed E-state index contributed by atoms with van der Waals surface area (Å²) >= 11 is 0. The lowest BCUT2D eigenvalue weighted by atomic mass is 9.76. The van der Waals surface area contributed by atoms with E-state index in [2.05, 4.69) is 91.2 Å². The Morgan fingerprint density at radius 3 is 1.76 bits per heavy atom. The minimum absolute atomic E-state index is 0.204. The van der Waals surface area contributed by atoms with E-state index in [1.165, 1.54) is 0 Å². The maximum atomic E-state index is 12.5. The quantitative estimate of drug-likeness (QED) is 0.147. The third-order valence-electron chi connectivity index (χ3n) is 8.15. The predicted octanol–water partition coefficient (Wildman–Crippen LogP) is 7.97. The topological polar surface area (TPSA) is 55.1 Å². The minimum Gasteiger partial charge on any atom is -0.379 e.